The number of benzene rings is 2. The van der Waals surface area contributed by atoms with E-state index in [9.17, 15) is 9.59 Å². The highest BCUT2D eigenvalue weighted by Crippen LogP contribution is 2.35. The van der Waals surface area contributed by atoms with Crippen LogP contribution in [0.15, 0.2) is 53.7 Å². The van der Waals surface area contributed by atoms with E-state index in [4.69, 9.17) is 15.2 Å². The predicted molar refractivity (Wildman–Crippen MR) is 133 cm³/mol. The third kappa shape index (κ3) is 6.37. The SMILES string of the molecule is CN/C=C\C(N)=NC(=O)c1cc(Oc2cccc(C(=O)N3CCC3)c2)c(C)c(OC(C)(C)C)c1. The Balaban J connectivity index is 1.96. The second-order valence-corrected chi connectivity index (χ2v) is 9.05. The van der Waals surface area contributed by atoms with Crippen LogP contribution in [0, 0.1) is 6.92 Å². The number of nitrogens with one attached hydrogen (secondary N) is 1. The molecule has 0 aromatic heterocycles. The quantitative estimate of drug-likeness (QED) is 0.473. The summed E-state index contributed by atoms with van der Waals surface area (Å²) >= 11 is 0. The molecule has 3 N–H and O–H groups in total. The molecule has 1 heterocycles. The zero-order valence-electron chi connectivity index (χ0n) is 20.3. The molecule has 1 aliphatic heterocycles. The monoisotopic (exact) mass is 464 g/mol. The van der Waals surface area contributed by atoms with Crippen molar-refractivity contribution in [2.75, 3.05) is 20.1 Å². The molecule has 0 radical (unpaired) electrons. The van der Waals surface area contributed by atoms with Gasteiger partial charge in [-0.3, -0.25) is 9.59 Å². The Bertz CT molecular complexity index is 1130. The lowest BCUT2D eigenvalue weighted by atomic mass is 10.1. The Kier molecular flexibility index (Phi) is 7.61. The van der Waals surface area contributed by atoms with Crippen LogP contribution < -0.4 is 20.5 Å². The largest absolute Gasteiger partial charge is 0.488 e. The summed E-state index contributed by atoms with van der Waals surface area (Å²) in [5, 5.41) is 2.80. The average Bonchev–Trinajstić information content (AvgIpc) is 2.72. The van der Waals surface area contributed by atoms with Gasteiger partial charge in [-0.25, -0.2) is 0 Å². The van der Waals surface area contributed by atoms with Gasteiger partial charge in [-0.2, -0.15) is 4.99 Å². The number of amidine groups is 1. The summed E-state index contributed by atoms with van der Waals surface area (Å²) < 4.78 is 12.2. The van der Waals surface area contributed by atoms with Crippen LogP contribution in [0.25, 0.3) is 0 Å². The number of ether oxygens (including phenoxy) is 2. The normalized spacial score (nSPS) is 14.0. The van der Waals surface area contributed by atoms with Crippen molar-refractivity contribution in [2.45, 2.75) is 39.7 Å². The zero-order chi connectivity index (χ0) is 24.9. The minimum absolute atomic E-state index is 0.0199. The van der Waals surface area contributed by atoms with E-state index < -0.39 is 11.5 Å². The number of likely N-dealkylation sites (tertiary alicyclic amines) is 1. The lowest BCUT2D eigenvalue weighted by Crippen LogP contribution is -2.41. The number of amides is 2. The van der Waals surface area contributed by atoms with Gasteiger partial charge in [-0.1, -0.05) is 6.07 Å². The number of hydrogen-bond acceptors (Lipinski definition) is 5. The van der Waals surface area contributed by atoms with E-state index in [1.807, 2.05) is 27.7 Å². The summed E-state index contributed by atoms with van der Waals surface area (Å²) in [4.78, 5) is 31.2. The Labute approximate surface area is 200 Å². The minimum Gasteiger partial charge on any atom is -0.488 e. The molecule has 0 atom stereocenters. The molecule has 0 unspecified atom stereocenters. The summed E-state index contributed by atoms with van der Waals surface area (Å²) in [6.45, 7) is 9.16. The van der Waals surface area contributed by atoms with Crippen LogP contribution in [0.1, 0.15) is 53.5 Å². The number of carbonyl (C=O) groups is 2. The maximum Gasteiger partial charge on any atom is 0.279 e. The maximum absolute atomic E-state index is 12.8. The summed E-state index contributed by atoms with van der Waals surface area (Å²) in [6, 6.07) is 10.3. The molecule has 0 saturated carbocycles. The molecule has 8 nitrogen and oxygen atoms in total. The Morgan fingerprint density at radius 2 is 1.82 bits per heavy atom. The van der Waals surface area contributed by atoms with Gasteiger partial charge >= 0.3 is 0 Å². The molecule has 8 heteroatoms. The lowest BCUT2D eigenvalue weighted by molar-refractivity contribution is 0.0651. The molecule has 3 rings (SSSR count). The molecular weight excluding hydrogens is 432 g/mol. The van der Waals surface area contributed by atoms with Gasteiger partial charge in [-0.15, -0.1) is 0 Å². The van der Waals surface area contributed by atoms with Gasteiger partial charge < -0.3 is 25.4 Å². The molecule has 180 valence electrons. The minimum atomic E-state index is -0.524. The van der Waals surface area contributed by atoms with Crippen molar-refractivity contribution >= 4 is 17.6 Å². The first-order valence-corrected chi connectivity index (χ1v) is 11.2. The van der Waals surface area contributed by atoms with E-state index in [1.54, 1.807) is 54.5 Å². The highest BCUT2D eigenvalue weighted by atomic mass is 16.5. The fourth-order valence-corrected chi connectivity index (χ4v) is 3.24. The van der Waals surface area contributed by atoms with Crippen molar-refractivity contribution in [1.29, 1.82) is 0 Å². The van der Waals surface area contributed by atoms with Crippen molar-refractivity contribution in [3.63, 3.8) is 0 Å². The molecule has 0 spiro atoms. The molecule has 2 aromatic rings. The van der Waals surface area contributed by atoms with Crippen LogP contribution in [-0.4, -0.2) is 48.3 Å². The first-order valence-electron chi connectivity index (χ1n) is 11.2. The van der Waals surface area contributed by atoms with Crippen LogP contribution in [-0.2, 0) is 0 Å². The number of carbonyl (C=O) groups excluding carboxylic acids is 2. The second kappa shape index (κ2) is 10.4. The number of rotatable bonds is 7. The second-order valence-electron chi connectivity index (χ2n) is 9.05. The first kappa shape index (κ1) is 24.8. The summed E-state index contributed by atoms with van der Waals surface area (Å²) in [5.74, 6) is 0.939. The Morgan fingerprint density at radius 1 is 1.12 bits per heavy atom. The molecule has 0 aliphatic carbocycles. The zero-order valence-corrected chi connectivity index (χ0v) is 20.3. The van der Waals surface area contributed by atoms with Crippen LogP contribution in [0.4, 0.5) is 0 Å². The van der Waals surface area contributed by atoms with Crippen molar-refractivity contribution in [3.8, 4) is 17.2 Å². The number of aliphatic imine (C=N–C) groups is 1. The highest BCUT2D eigenvalue weighted by Gasteiger charge is 2.23. The van der Waals surface area contributed by atoms with Crippen molar-refractivity contribution in [2.24, 2.45) is 10.7 Å². The topological polar surface area (TPSA) is 106 Å². The van der Waals surface area contributed by atoms with Crippen molar-refractivity contribution in [1.82, 2.24) is 10.2 Å². The van der Waals surface area contributed by atoms with Crippen LogP contribution in [0.3, 0.4) is 0 Å². The molecule has 1 fully saturated rings. The molecule has 34 heavy (non-hydrogen) atoms. The summed E-state index contributed by atoms with van der Waals surface area (Å²) in [6.07, 6.45) is 4.10. The fraction of sp³-hybridized carbons (Fsp3) is 0.346. The Hall–Kier alpha value is -3.81. The summed E-state index contributed by atoms with van der Waals surface area (Å²) in [7, 11) is 1.72. The first-order chi connectivity index (χ1) is 16.1. The molecule has 1 aliphatic rings. The standard InChI is InChI=1S/C26H32N4O4/c1-17-21(33-20-9-6-8-18(14-20)25(32)30-12-7-13-30)15-19(16-22(17)34-26(2,3)4)24(31)29-23(27)10-11-28-5/h6,8-11,14-16,28H,7,12-13H2,1-5H3,(H2,27,29,31)/b11-10-. The van der Waals surface area contributed by atoms with Crippen LogP contribution in [0.5, 0.6) is 17.2 Å². The molecular formula is C26H32N4O4. The molecule has 2 aromatic carbocycles. The van der Waals surface area contributed by atoms with Gasteiger partial charge in [0.1, 0.15) is 28.7 Å². The van der Waals surface area contributed by atoms with E-state index in [0.29, 0.717) is 22.8 Å². The van der Waals surface area contributed by atoms with Crippen LogP contribution in [0.2, 0.25) is 0 Å². The van der Waals surface area contributed by atoms with Crippen molar-refractivity contribution in [3.05, 3.63) is 65.4 Å². The van der Waals surface area contributed by atoms with Crippen molar-refractivity contribution < 1.29 is 19.1 Å². The third-order valence-corrected chi connectivity index (χ3v) is 5.08. The van der Waals surface area contributed by atoms with Gasteiger partial charge in [0.25, 0.3) is 11.8 Å². The lowest BCUT2D eigenvalue weighted by Gasteiger charge is -2.31. The van der Waals surface area contributed by atoms with E-state index in [1.165, 1.54) is 6.08 Å². The third-order valence-electron chi connectivity index (χ3n) is 5.08. The van der Waals surface area contributed by atoms with E-state index in [-0.39, 0.29) is 17.3 Å². The molecule has 0 bridgehead atoms. The predicted octanol–water partition coefficient (Wildman–Crippen LogP) is 4.04. The Morgan fingerprint density at radius 3 is 2.44 bits per heavy atom. The smallest absolute Gasteiger partial charge is 0.279 e. The average molecular weight is 465 g/mol. The number of hydrogen-bond donors (Lipinski definition) is 2. The fourth-order valence-electron chi connectivity index (χ4n) is 3.24. The number of nitrogens with two attached hydrogens (primary N) is 1. The van der Waals surface area contributed by atoms with E-state index in [0.717, 1.165) is 25.1 Å². The van der Waals surface area contributed by atoms with E-state index in [2.05, 4.69) is 10.3 Å². The summed E-state index contributed by atoms with van der Waals surface area (Å²) in [5.41, 5.74) is 6.87. The maximum atomic E-state index is 12.8. The van der Waals surface area contributed by atoms with Crippen LogP contribution >= 0.6 is 0 Å². The van der Waals surface area contributed by atoms with Gasteiger partial charge in [0.05, 0.1) is 0 Å². The van der Waals surface area contributed by atoms with Gasteiger partial charge in [0, 0.05) is 36.8 Å². The molecule has 1 saturated heterocycles. The van der Waals surface area contributed by atoms with Gasteiger partial charge in [0.15, 0.2) is 0 Å². The van der Waals surface area contributed by atoms with Gasteiger partial charge in [0.2, 0.25) is 0 Å². The van der Waals surface area contributed by atoms with Gasteiger partial charge in [-0.05, 0) is 76.7 Å². The number of nitrogens with zero attached hydrogens (tertiary/aromatic N) is 2. The highest BCUT2D eigenvalue weighted by molar-refractivity contribution is 6.06. The molecule has 2 amide bonds. The van der Waals surface area contributed by atoms with E-state index >= 15 is 0 Å².